The summed E-state index contributed by atoms with van der Waals surface area (Å²) in [4.78, 5) is 13.0. The third-order valence-electron chi connectivity index (χ3n) is 4.98. The zero-order valence-electron chi connectivity index (χ0n) is 12.1. The predicted molar refractivity (Wildman–Crippen MR) is 76.6 cm³/mol. The Morgan fingerprint density at radius 3 is 2.76 bits per heavy atom. The van der Waals surface area contributed by atoms with Gasteiger partial charge >= 0.3 is 0 Å². The van der Waals surface area contributed by atoms with Gasteiger partial charge in [0, 0.05) is 26.2 Å². The van der Waals surface area contributed by atoms with E-state index in [1.165, 1.54) is 38.2 Å². The molecule has 1 aliphatic carbocycles. The Labute approximate surface area is 124 Å². The van der Waals surface area contributed by atoms with Crippen LogP contribution in [0.5, 0.6) is 0 Å². The molecular weight excluding hydrogens is 271 g/mol. The standard InChI is InChI=1S/C15H21FN4O/c16-12-6-17-15(18-7-12)20-4-5-21-14-10-19(9-13(14)20)8-11-2-1-3-11/h6-7,11,13-14H,1-5,8-10H2/t13-,14+/m0/s1. The molecule has 6 heteroatoms. The number of rotatable bonds is 3. The second kappa shape index (κ2) is 5.50. The lowest BCUT2D eigenvalue weighted by atomic mass is 9.85. The molecule has 0 bridgehead atoms. The molecule has 1 saturated carbocycles. The van der Waals surface area contributed by atoms with E-state index >= 15 is 0 Å². The Balaban J connectivity index is 1.46. The van der Waals surface area contributed by atoms with Crippen LogP contribution in [0.3, 0.4) is 0 Å². The van der Waals surface area contributed by atoms with Crippen LogP contribution in [0.4, 0.5) is 10.3 Å². The first-order valence-corrected chi connectivity index (χ1v) is 7.88. The van der Waals surface area contributed by atoms with Crippen molar-refractivity contribution in [3.05, 3.63) is 18.2 Å². The van der Waals surface area contributed by atoms with Gasteiger partial charge in [0.1, 0.15) is 0 Å². The number of anilines is 1. The maximum Gasteiger partial charge on any atom is 0.225 e. The first-order valence-electron chi connectivity index (χ1n) is 7.88. The van der Waals surface area contributed by atoms with E-state index in [1.54, 1.807) is 0 Å². The van der Waals surface area contributed by atoms with Gasteiger partial charge < -0.3 is 9.64 Å². The van der Waals surface area contributed by atoms with Crippen molar-refractivity contribution in [1.29, 1.82) is 0 Å². The number of hydrogen-bond acceptors (Lipinski definition) is 5. The summed E-state index contributed by atoms with van der Waals surface area (Å²) in [6.45, 7) is 4.67. The van der Waals surface area contributed by atoms with Gasteiger partial charge in [0.15, 0.2) is 5.82 Å². The van der Waals surface area contributed by atoms with Crippen molar-refractivity contribution in [3.8, 4) is 0 Å². The molecule has 1 aromatic rings. The fourth-order valence-corrected chi connectivity index (χ4v) is 3.66. The van der Waals surface area contributed by atoms with E-state index in [2.05, 4.69) is 19.8 Å². The topological polar surface area (TPSA) is 41.5 Å². The highest BCUT2D eigenvalue weighted by Crippen LogP contribution is 2.31. The average molecular weight is 292 g/mol. The summed E-state index contributed by atoms with van der Waals surface area (Å²) >= 11 is 0. The van der Waals surface area contributed by atoms with E-state index < -0.39 is 0 Å². The molecule has 0 aromatic carbocycles. The Morgan fingerprint density at radius 2 is 2.05 bits per heavy atom. The van der Waals surface area contributed by atoms with Gasteiger partial charge in [0.25, 0.3) is 0 Å². The normalized spacial score (nSPS) is 30.2. The number of halogens is 1. The molecule has 0 amide bonds. The van der Waals surface area contributed by atoms with Gasteiger partial charge in [0.05, 0.1) is 31.1 Å². The Kier molecular flexibility index (Phi) is 3.51. The fourth-order valence-electron chi connectivity index (χ4n) is 3.66. The molecule has 0 radical (unpaired) electrons. The van der Waals surface area contributed by atoms with Crippen LogP contribution in [0.25, 0.3) is 0 Å². The first kappa shape index (κ1) is 13.4. The number of nitrogens with zero attached hydrogens (tertiary/aromatic N) is 4. The molecule has 2 saturated heterocycles. The van der Waals surface area contributed by atoms with E-state index in [-0.39, 0.29) is 11.9 Å². The van der Waals surface area contributed by atoms with Crippen LogP contribution in [0.1, 0.15) is 19.3 Å². The highest BCUT2D eigenvalue weighted by Gasteiger charge is 2.41. The molecule has 2 atom stereocenters. The van der Waals surface area contributed by atoms with Crippen LogP contribution in [0, 0.1) is 11.7 Å². The van der Waals surface area contributed by atoms with Crippen molar-refractivity contribution in [2.45, 2.75) is 31.4 Å². The molecule has 21 heavy (non-hydrogen) atoms. The van der Waals surface area contributed by atoms with Gasteiger partial charge in [0.2, 0.25) is 5.95 Å². The number of hydrogen-bond donors (Lipinski definition) is 0. The number of ether oxygens (including phenoxy) is 1. The second-order valence-electron chi connectivity index (χ2n) is 6.39. The van der Waals surface area contributed by atoms with Gasteiger partial charge in [-0.15, -0.1) is 0 Å². The molecule has 2 aliphatic heterocycles. The maximum atomic E-state index is 13.0. The van der Waals surface area contributed by atoms with Crippen LogP contribution in [-0.4, -0.2) is 59.8 Å². The molecule has 4 rings (SSSR count). The summed E-state index contributed by atoms with van der Waals surface area (Å²) < 4.78 is 18.9. The molecule has 1 aromatic heterocycles. The summed E-state index contributed by atoms with van der Waals surface area (Å²) in [6, 6.07) is 0.296. The van der Waals surface area contributed by atoms with E-state index in [0.717, 1.165) is 25.6 Å². The van der Waals surface area contributed by atoms with E-state index in [1.807, 2.05) is 0 Å². The van der Waals surface area contributed by atoms with Gasteiger partial charge in [-0.05, 0) is 18.8 Å². The van der Waals surface area contributed by atoms with Crippen molar-refractivity contribution in [3.63, 3.8) is 0 Å². The van der Waals surface area contributed by atoms with E-state index in [9.17, 15) is 4.39 Å². The number of morpholine rings is 1. The lowest BCUT2D eigenvalue weighted by molar-refractivity contribution is 0.0291. The van der Waals surface area contributed by atoms with Crippen molar-refractivity contribution >= 4 is 5.95 Å². The Bertz CT molecular complexity index is 493. The number of likely N-dealkylation sites (tertiary alicyclic amines) is 1. The molecular formula is C15H21FN4O. The highest BCUT2D eigenvalue weighted by atomic mass is 19.1. The van der Waals surface area contributed by atoms with Crippen LogP contribution >= 0.6 is 0 Å². The lowest BCUT2D eigenvalue weighted by Gasteiger charge is -2.36. The van der Waals surface area contributed by atoms with Crippen molar-refractivity contribution in [2.75, 3.05) is 37.7 Å². The minimum atomic E-state index is -0.387. The lowest BCUT2D eigenvalue weighted by Crippen LogP contribution is -2.51. The summed E-state index contributed by atoms with van der Waals surface area (Å²) in [5.74, 6) is 1.11. The van der Waals surface area contributed by atoms with Gasteiger partial charge in [-0.2, -0.15) is 0 Å². The van der Waals surface area contributed by atoms with Crippen LogP contribution in [-0.2, 0) is 4.74 Å². The monoisotopic (exact) mass is 292 g/mol. The molecule has 3 fully saturated rings. The minimum Gasteiger partial charge on any atom is -0.373 e. The smallest absolute Gasteiger partial charge is 0.225 e. The quantitative estimate of drug-likeness (QED) is 0.840. The fraction of sp³-hybridized carbons (Fsp3) is 0.733. The van der Waals surface area contributed by atoms with Crippen molar-refractivity contribution in [1.82, 2.24) is 14.9 Å². The zero-order valence-corrected chi connectivity index (χ0v) is 12.1. The SMILES string of the molecule is Fc1cnc(N2CCO[C@@H]3CN(CC4CCC4)C[C@@H]32)nc1. The first-order chi connectivity index (χ1) is 10.3. The Morgan fingerprint density at radius 1 is 1.24 bits per heavy atom. The molecule has 0 N–H and O–H groups in total. The number of aromatic nitrogens is 2. The minimum absolute atomic E-state index is 0.229. The van der Waals surface area contributed by atoms with Gasteiger partial charge in [-0.1, -0.05) is 6.42 Å². The van der Waals surface area contributed by atoms with E-state index in [4.69, 9.17) is 4.74 Å². The molecule has 114 valence electrons. The van der Waals surface area contributed by atoms with Crippen LogP contribution in [0.2, 0.25) is 0 Å². The summed E-state index contributed by atoms with van der Waals surface area (Å²) in [6.07, 6.45) is 6.85. The maximum absolute atomic E-state index is 13.0. The van der Waals surface area contributed by atoms with Crippen molar-refractivity contribution < 1.29 is 9.13 Å². The van der Waals surface area contributed by atoms with Crippen LogP contribution in [0.15, 0.2) is 12.4 Å². The third-order valence-corrected chi connectivity index (χ3v) is 4.98. The second-order valence-corrected chi connectivity index (χ2v) is 6.39. The van der Waals surface area contributed by atoms with Crippen LogP contribution < -0.4 is 4.90 Å². The summed E-state index contributed by atoms with van der Waals surface area (Å²) in [5.41, 5.74) is 0. The van der Waals surface area contributed by atoms with Gasteiger partial charge in [-0.25, -0.2) is 14.4 Å². The molecule has 3 aliphatic rings. The average Bonchev–Trinajstić information content (AvgIpc) is 2.86. The predicted octanol–water partition coefficient (Wildman–Crippen LogP) is 1.31. The number of fused-ring (bicyclic) bond motifs is 1. The van der Waals surface area contributed by atoms with Crippen molar-refractivity contribution in [2.24, 2.45) is 5.92 Å². The molecule has 3 heterocycles. The van der Waals surface area contributed by atoms with E-state index in [0.29, 0.717) is 18.6 Å². The molecule has 5 nitrogen and oxygen atoms in total. The molecule has 0 spiro atoms. The van der Waals surface area contributed by atoms with Gasteiger partial charge in [-0.3, -0.25) is 4.90 Å². The molecule has 0 unspecified atom stereocenters. The zero-order chi connectivity index (χ0) is 14.2. The Hall–Kier alpha value is -1.27. The highest BCUT2D eigenvalue weighted by molar-refractivity contribution is 5.33. The summed E-state index contributed by atoms with van der Waals surface area (Å²) in [7, 11) is 0. The third kappa shape index (κ3) is 2.62. The largest absolute Gasteiger partial charge is 0.373 e. The summed E-state index contributed by atoms with van der Waals surface area (Å²) in [5, 5.41) is 0.